The van der Waals surface area contributed by atoms with E-state index in [0.29, 0.717) is 25.1 Å². The predicted molar refractivity (Wildman–Crippen MR) is 142 cm³/mol. The Balaban J connectivity index is 2.24. The summed E-state index contributed by atoms with van der Waals surface area (Å²) in [4.78, 5) is 28.2. The van der Waals surface area contributed by atoms with Crippen LogP contribution in [0.25, 0.3) is 0 Å². The minimum Gasteiger partial charge on any atom is -0.350 e. The van der Waals surface area contributed by atoms with Gasteiger partial charge >= 0.3 is 0 Å². The summed E-state index contributed by atoms with van der Waals surface area (Å²) in [7, 11) is -3.50. The molecule has 0 aliphatic heterocycles. The summed E-state index contributed by atoms with van der Waals surface area (Å²) in [6.45, 7) is 10.1. The highest BCUT2D eigenvalue weighted by atomic mass is 32.2. The van der Waals surface area contributed by atoms with Crippen LogP contribution in [-0.2, 0) is 26.2 Å². The minimum atomic E-state index is -3.50. The zero-order chi connectivity index (χ0) is 26.2. The maximum atomic E-state index is 13.5. The van der Waals surface area contributed by atoms with E-state index in [1.165, 1.54) is 4.31 Å². The zero-order valence-electron chi connectivity index (χ0n) is 21.7. The van der Waals surface area contributed by atoms with Gasteiger partial charge in [0.25, 0.3) is 0 Å². The van der Waals surface area contributed by atoms with Crippen LogP contribution >= 0.6 is 0 Å². The molecule has 2 aromatic rings. The third kappa shape index (κ3) is 8.69. The van der Waals surface area contributed by atoms with Crippen LogP contribution in [-0.4, -0.2) is 49.5 Å². The number of amides is 2. The Morgan fingerprint density at radius 1 is 1.00 bits per heavy atom. The standard InChI is InChI=1S/C27H39N3O4S/c1-7-24(26(32)28-27(3,4)5)29(20-22-15-12-11-14-21(22)2)25(31)18-13-19-30(35(6,33)34)23-16-9-8-10-17-23/h8-12,14-17,24H,7,13,18-20H2,1-6H3,(H,28,32)/t24-/m1/s1. The molecular formula is C27H39N3O4S. The van der Waals surface area contributed by atoms with Gasteiger partial charge in [-0.3, -0.25) is 13.9 Å². The largest absolute Gasteiger partial charge is 0.350 e. The maximum Gasteiger partial charge on any atom is 0.243 e. The predicted octanol–water partition coefficient (Wildman–Crippen LogP) is 4.26. The lowest BCUT2D eigenvalue weighted by molar-refractivity contribution is -0.142. The number of anilines is 1. The quantitative estimate of drug-likeness (QED) is 0.498. The molecule has 2 amide bonds. The smallest absolute Gasteiger partial charge is 0.243 e. The Bertz CT molecular complexity index is 1090. The summed E-state index contributed by atoms with van der Waals surface area (Å²) in [5.41, 5.74) is 2.16. The van der Waals surface area contributed by atoms with Gasteiger partial charge in [0.1, 0.15) is 6.04 Å². The van der Waals surface area contributed by atoms with Crippen molar-refractivity contribution in [2.24, 2.45) is 0 Å². The van der Waals surface area contributed by atoms with Crippen molar-refractivity contribution in [3.05, 3.63) is 65.7 Å². The van der Waals surface area contributed by atoms with Gasteiger partial charge in [-0.2, -0.15) is 0 Å². The summed E-state index contributed by atoms with van der Waals surface area (Å²) in [5, 5.41) is 3.00. The lowest BCUT2D eigenvalue weighted by Gasteiger charge is -2.33. The number of hydrogen-bond donors (Lipinski definition) is 1. The first-order chi connectivity index (χ1) is 16.3. The third-order valence-corrected chi connectivity index (χ3v) is 6.88. The van der Waals surface area contributed by atoms with Gasteiger partial charge in [0, 0.05) is 25.0 Å². The van der Waals surface area contributed by atoms with Gasteiger partial charge in [-0.1, -0.05) is 49.4 Å². The topological polar surface area (TPSA) is 86.8 Å². The summed E-state index contributed by atoms with van der Waals surface area (Å²) >= 11 is 0. The Labute approximate surface area is 210 Å². The van der Waals surface area contributed by atoms with Crippen LogP contribution in [0, 0.1) is 6.92 Å². The minimum absolute atomic E-state index is 0.129. The molecule has 0 spiro atoms. The van der Waals surface area contributed by atoms with Crippen molar-refractivity contribution in [3.8, 4) is 0 Å². The normalized spacial score (nSPS) is 12.6. The highest BCUT2D eigenvalue weighted by Gasteiger charge is 2.31. The molecule has 0 aliphatic carbocycles. The monoisotopic (exact) mass is 501 g/mol. The molecule has 1 atom stereocenters. The molecular weight excluding hydrogens is 462 g/mol. The average Bonchev–Trinajstić information content (AvgIpc) is 2.76. The van der Waals surface area contributed by atoms with Gasteiger partial charge in [-0.05, 0) is 63.8 Å². The van der Waals surface area contributed by atoms with Crippen LogP contribution in [0.2, 0.25) is 0 Å². The van der Waals surface area contributed by atoms with Crippen molar-refractivity contribution >= 4 is 27.5 Å². The van der Waals surface area contributed by atoms with Crippen molar-refractivity contribution in [3.63, 3.8) is 0 Å². The number of nitrogens with one attached hydrogen (secondary N) is 1. The van der Waals surface area contributed by atoms with Crippen LogP contribution in [0.1, 0.15) is 58.1 Å². The Hall–Kier alpha value is -2.87. The molecule has 0 aromatic heterocycles. The molecule has 192 valence electrons. The highest BCUT2D eigenvalue weighted by Crippen LogP contribution is 2.20. The van der Waals surface area contributed by atoms with Crippen molar-refractivity contribution in [1.82, 2.24) is 10.2 Å². The number of aryl methyl sites for hydroxylation is 1. The molecule has 1 N–H and O–H groups in total. The summed E-state index contributed by atoms with van der Waals surface area (Å²) in [5.74, 6) is -0.366. The van der Waals surface area contributed by atoms with Gasteiger partial charge in [-0.15, -0.1) is 0 Å². The van der Waals surface area contributed by atoms with Crippen molar-refractivity contribution in [2.75, 3.05) is 17.1 Å². The molecule has 0 fully saturated rings. The van der Waals surface area contributed by atoms with E-state index in [1.54, 1.807) is 29.2 Å². The highest BCUT2D eigenvalue weighted by molar-refractivity contribution is 7.92. The average molecular weight is 502 g/mol. The molecule has 0 radical (unpaired) electrons. The first-order valence-electron chi connectivity index (χ1n) is 12.0. The lowest BCUT2D eigenvalue weighted by Crippen LogP contribution is -2.53. The van der Waals surface area contributed by atoms with E-state index < -0.39 is 21.6 Å². The van der Waals surface area contributed by atoms with Gasteiger partial charge in [0.15, 0.2) is 0 Å². The van der Waals surface area contributed by atoms with Crippen LogP contribution in [0.15, 0.2) is 54.6 Å². The molecule has 35 heavy (non-hydrogen) atoms. The number of carbonyl (C=O) groups is 2. The molecule has 0 saturated carbocycles. The van der Waals surface area contributed by atoms with Crippen molar-refractivity contribution in [2.45, 2.75) is 72.0 Å². The fraction of sp³-hybridized carbons (Fsp3) is 0.481. The van der Waals surface area contributed by atoms with E-state index in [0.717, 1.165) is 17.4 Å². The summed E-state index contributed by atoms with van der Waals surface area (Å²) in [6, 6.07) is 16.0. The zero-order valence-corrected chi connectivity index (χ0v) is 22.6. The molecule has 0 unspecified atom stereocenters. The van der Waals surface area contributed by atoms with Gasteiger partial charge < -0.3 is 10.2 Å². The van der Waals surface area contributed by atoms with Crippen molar-refractivity contribution in [1.29, 1.82) is 0 Å². The first kappa shape index (κ1) is 28.4. The molecule has 8 heteroatoms. The Kier molecular flexibility index (Phi) is 9.89. The molecule has 2 aromatic carbocycles. The van der Waals surface area contributed by atoms with Crippen LogP contribution < -0.4 is 9.62 Å². The second-order valence-electron chi connectivity index (χ2n) is 9.89. The van der Waals surface area contributed by atoms with Gasteiger partial charge in [-0.25, -0.2) is 8.42 Å². The fourth-order valence-electron chi connectivity index (χ4n) is 3.94. The van der Waals surface area contributed by atoms with Crippen LogP contribution in [0.5, 0.6) is 0 Å². The molecule has 0 bridgehead atoms. The molecule has 0 saturated heterocycles. The van der Waals surface area contributed by atoms with E-state index >= 15 is 0 Å². The second-order valence-corrected chi connectivity index (χ2v) is 11.8. The van der Waals surface area contributed by atoms with E-state index in [1.807, 2.05) is 65.0 Å². The number of hydrogen-bond acceptors (Lipinski definition) is 4. The fourth-order valence-corrected chi connectivity index (χ4v) is 4.91. The molecule has 0 aliphatic rings. The number of sulfonamides is 1. The van der Waals surface area contributed by atoms with Crippen LogP contribution in [0.3, 0.4) is 0 Å². The van der Waals surface area contributed by atoms with E-state index in [9.17, 15) is 18.0 Å². The van der Waals surface area contributed by atoms with E-state index in [2.05, 4.69) is 5.32 Å². The lowest BCUT2D eigenvalue weighted by atomic mass is 10.0. The number of nitrogens with zero attached hydrogens (tertiary/aromatic N) is 2. The number of rotatable bonds is 11. The molecule has 0 heterocycles. The van der Waals surface area contributed by atoms with Crippen LogP contribution in [0.4, 0.5) is 5.69 Å². The SMILES string of the molecule is CC[C@H](C(=O)NC(C)(C)C)N(Cc1ccccc1C)C(=O)CCCN(c1ccccc1)S(C)(=O)=O. The summed E-state index contributed by atoms with van der Waals surface area (Å²) in [6.07, 6.45) is 2.10. The van der Waals surface area contributed by atoms with Gasteiger partial charge in [0.05, 0.1) is 11.9 Å². The van der Waals surface area contributed by atoms with Crippen molar-refractivity contribution < 1.29 is 18.0 Å². The van der Waals surface area contributed by atoms with E-state index in [-0.39, 0.29) is 24.8 Å². The van der Waals surface area contributed by atoms with Gasteiger partial charge in [0.2, 0.25) is 21.8 Å². The number of para-hydroxylation sites is 1. The third-order valence-electron chi connectivity index (χ3n) is 5.68. The second kappa shape index (κ2) is 12.2. The van der Waals surface area contributed by atoms with E-state index in [4.69, 9.17) is 0 Å². The maximum absolute atomic E-state index is 13.5. The number of carbonyl (C=O) groups excluding carboxylic acids is 2. The molecule has 2 rings (SSSR count). The Morgan fingerprint density at radius 2 is 1.60 bits per heavy atom. The first-order valence-corrected chi connectivity index (χ1v) is 13.9. The number of benzene rings is 2. The Morgan fingerprint density at radius 3 is 2.14 bits per heavy atom. The molecule has 7 nitrogen and oxygen atoms in total. The summed E-state index contributed by atoms with van der Waals surface area (Å²) < 4.78 is 26.1.